The Morgan fingerprint density at radius 2 is 1.76 bits per heavy atom. The number of methoxy groups -OCH3 is 1. The first-order valence-corrected chi connectivity index (χ1v) is 12.9. The van der Waals surface area contributed by atoms with E-state index in [9.17, 15) is 24.6 Å². The first-order chi connectivity index (χ1) is 19.7. The van der Waals surface area contributed by atoms with Crippen molar-refractivity contribution < 1.29 is 43.2 Å². The van der Waals surface area contributed by atoms with Crippen LogP contribution in [-0.4, -0.2) is 49.1 Å². The van der Waals surface area contributed by atoms with Crippen molar-refractivity contribution in [3.63, 3.8) is 0 Å². The molecule has 10 heteroatoms. The number of fused-ring (bicyclic) bond motifs is 1. The number of phenols is 2. The Balaban J connectivity index is 1.94. The molecule has 0 saturated carbocycles. The van der Waals surface area contributed by atoms with Crippen LogP contribution in [0, 0.1) is 12.3 Å². The molecule has 0 amide bonds. The van der Waals surface area contributed by atoms with E-state index in [1.807, 2.05) is 19.9 Å². The molecule has 0 unspecified atom stereocenters. The van der Waals surface area contributed by atoms with Crippen molar-refractivity contribution in [2.75, 3.05) is 26.9 Å². The molecule has 0 aliphatic rings. The third kappa shape index (κ3) is 8.13. The summed E-state index contributed by atoms with van der Waals surface area (Å²) in [7, 11) is 1.50. The number of carbonyl (C=O) groups is 2. The number of terminal acetylenes is 1. The number of carbonyl (C=O) groups excluding carboxylic acids is 2. The van der Waals surface area contributed by atoms with Gasteiger partial charge in [-0.1, -0.05) is 17.6 Å². The summed E-state index contributed by atoms with van der Waals surface area (Å²) in [5, 5.41) is 20.9. The zero-order chi connectivity index (χ0) is 29.9. The second kappa shape index (κ2) is 14.6. The van der Waals surface area contributed by atoms with Crippen molar-refractivity contribution in [2.45, 2.75) is 39.5 Å². The van der Waals surface area contributed by atoms with E-state index < -0.39 is 28.9 Å². The molecule has 3 aromatic rings. The van der Waals surface area contributed by atoms with Crippen LogP contribution in [0.4, 0.5) is 0 Å². The van der Waals surface area contributed by atoms with E-state index in [-0.39, 0.29) is 60.5 Å². The third-order valence-corrected chi connectivity index (χ3v) is 5.88. The van der Waals surface area contributed by atoms with Gasteiger partial charge in [-0.25, -0.2) is 0 Å². The van der Waals surface area contributed by atoms with Gasteiger partial charge >= 0.3 is 11.9 Å². The molecule has 2 N–H and O–H groups in total. The maximum atomic E-state index is 13.7. The van der Waals surface area contributed by atoms with E-state index in [1.165, 1.54) is 7.11 Å². The van der Waals surface area contributed by atoms with E-state index in [0.717, 1.165) is 11.6 Å². The van der Waals surface area contributed by atoms with Gasteiger partial charge in [-0.05, 0) is 44.5 Å². The van der Waals surface area contributed by atoms with E-state index in [2.05, 4.69) is 5.92 Å². The van der Waals surface area contributed by atoms with E-state index in [4.69, 9.17) is 29.8 Å². The van der Waals surface area contributed by atoms with E-state index >= 15 is 0 Å². The van der Waals surface area contributed by atoms with Crippen LogP contribution in [0.3, 0.4) is 0 Å². The molecule has 0 radical (unpaired) electrons. The number of benzene rings is 2. The van der Waals surface area contributed by atoms with Crippen LogP contribution < -0.4 is 14.9 Å². The molecule has 41 heavy (non-hydrogen) atoms. The van der Waals surface area contributed by atoms with Gasteiger partial charge in [0.2, 0.25) is 11.2 Å². The Hall–Kier alpha value is -4.75. The van der Waals surface area contributed by atoms with Crippen LogP contribution in [0.2, 0.25) is 0 Å². The minimum Gasteiger partial charge on any atom is -0.507 e. The lowest BCUT2D eigenvalue weighted by Gasteiger charge is -2.14. The Labute approximate surface area is 237 Å². The molecule has 10 nitrogen and oxygen atoms in total. The summed E-state index contributed by atoms with van der Waals surface area (Å²) in [5.41, 5.74) is 0.734. The predicted molar refractivity (Wildman–Crippen MR) is 151 cm³/mol. The highest BCUT2D eigenvalue weighted by atomic mass is 16.5. The lowest BCUT2D eigenvalue weighted by molar-refractivity contribution is -0.147. The SMILES string of the molecule is C#CCOCCCOC(=O)CCC(=O)Oc1c(-c2ccc(OC)cc2)oc2c(CC=C(C)C)c(O)cc(O)c2c1=O. The van der Waals surface area contributed by atoms with Gasteiger partial charge in [0, 0.05) is 23.6 Å². The largest absolute Gasteiger partial charge is 0.507 e. The molecule has 216 valence electrons. The zero-order valence-corrected chi connectivity index (χ0v) is 23.2. The number of ether oxygens (including phenoxy) is 4. The van der Waals surface area contributed by atoms with Gasteiger partial charge in [0.05, 0.1) is 33.2 Å². The van der Waals surface area contributed by atoms with Gasteiger partial charge in [0.15, 0.2) is 5.76 Å². The number of rotatable bonds is 13. The van der Waals surface area contributed by atoms with E-state index in [0.29, 0.717) is 24.3 Å². The highest BCUT2D eigenvalue weighted by Gasteiger charge is 2.25. The Morgan fingerprint density at radius 1 is 1.05 bits per heavy atom. The molecule has 0 atom stereocenters. The number of allylic oxidation sites excluding steroid dienone is 2. The molecule has 0 spiro atoms. The van der Waals surface area contributed by atoms with Gasteiger partial charge in [-0.2, -0.15) is 0 Å². The molecule has 0 aliphatic carbocycles. The van der Waals surface area contributed by atoms with Crippen LogP contribution in [0.25, 0.3) is 22.3 Å². The molecule has 0 aliphatic heterocycles. The smallest absolute Gasteiger partial charge is 0.312 e. The van der Waals surface area contributed by atoms with Crippen LogP contribution in [0.15, 0.2) is 51.2 Å². The van der Waals surface area contributed by atoms with Crippen molar-refractivity contribution in [3.8, 4) is 46.7 Å². The molecular formula is C31H32O10. The maximum absolute atomic E-state index is 13.7. The third-order valence-electron chi connectivity index (χ3n) is 5.88. The summed E-state index contributed by atoms with van der Waals surface area (Å²) < 4.78 is 26.9. The summed E-state index contributed by atoms with van der Waals surface area (Å²) in [6.07, 6.45) is 6.91. The van der Waals surface area contributed by atoms with E-state index in [1.54, 1.807) is 24.3 Å². The lowest BCUT2D eigenvalue weighted by atomic mass is 10.0. The van der Waals surface area contributed by atoms with Gasteiger partial charge in [-0.3, -0.25) is 14.4 Å². The first-order valence-electron chi connectivity index (χ1n) is 12.9. The van der Waals surface area contributed by atoms with Crippen molar-refractivity contribution >= 4 is 22.9 Å². The normalized spacial score (nSPS) is 10.6. The fraction of sp³-hybridized carbons (Fsp3) is 0.323. The minimum absolute atomic E-state index is 0.0505. The average molecular weight is 565 g/mol. The Kier molecular flexibility index (Phi) is 11.0. The maximum Gasteiger partial charge on any atom is 0.312 e. The topological polar surface area (TPSA) is 142 Å². The fourth-order valence-electron chi connectivity index (χ4n) is 3.82. The van der Waals surface area contributed by atoms with Gasteiger partial charge in [0.25, 0.3) is 0 Å². The van der Waals surface area contributed by atoms with Crippen LogP contribution in [0.5, 0.6) is 23.0 Å². The van der Waals surface area contributed by atoms with Gasteiger partial charge < -0.3 is 33.6 Å². The average Bonchev–Trinajstić information content (AvgIpc) is 2.94. The molecular weight excluding hydrogens is 532 g/mol. The molecule has 1 aromatic heterocycles. The van der Waals surface area contributed by atoms with Gasteiger partial charge in [-0.15, -0.1) is 6.42 Å². The second-order valence-corrected chi connectivity index (χ2v) is 9.21. The molecule has 0 bridgehead atoms. The summed E-state index contributed by atoms with van der Waals surface area (Å²) in [6.45, 7) is 4.33. The Bertz CT molecular complexity index is 1520. The summed E-state index contributed by atoms with van der Waals surface area (Å²) in [5.74, 6) is -0.0224. The number of phenolic OH excluding ortho intramolecular Hbond substituents is 2. The van der Waals surface area contributed by atoms with Crippen molar-refractivity contribution in [1.82, 2.24) is 0 Å². The van der Waals surface area contributed by atoms with Crippen LogP contribution in [0.1, 0.15) is 38.7 Å². The van der Waals surface area contributed by atoms with Gasteiger partial charge in [0.1, 0.15) is 34.8 Å². The molecule has 0 saturated heterocycles. The van der Waals surface area contributed by atoms with Crippen molar-refractivity contribution in [3.05, 3.63) is 57.8 Å². The lowest BCUT2D eigenvalue weighted by Crippen LogP contribution is -2.18. The Morgan fingerprint density at radius 3 is 2.41 bits per heavy atom. The quantitative estimate of drug-likeness (QED) is 0.130. The fourth-order valence-corrected chi connectivity index (χ4v) is 3.82. The zero-order valence-electron chi connectivity index (χ0n) is 23.2. The number of aromatic hydroxyl groups is 2. The molecule has 3 rings (SSSR count). The first kappa shape index (κ1) is 30.8. The predicted octanol–water partition coefficient (Wildman–Crippen LogP) is 4.66. The number of esters is 2. The molecule has 0 fully saturated rings. The van der Waals surface area contributed by atoms with Crippen LogP contribution >= 0.6 is 0 Å². The molecule has 1 heterocycles. The monoisotopic (exact) mass is 564 g/mol. The highest BCUT2D eigenvalue weighted by molar-refractivity contribution is 5.92. The summed E-state index contributed by atoms with van der Waals surface area (Å²) >= 11 is 0. The minimum atomic E-state index is -0.885. The summed E-state index contributed by atoms with van der Waals surface area (Å²) in [6, 6.07) is 7.50. The van der Waals surface area contributed by atoms with Crippen molar-refractivity contribution in [1.29, 1.82) is 0 Å². The van der Waals surface area contributed by atoms with Crippen LogP contribution in [-0.2, 0) is 25.5 Å². The highest BCUT2D eigenvalue weighted by Crippen LogP contribution is 2.39. The second-order valence-electron chi connectivity index (χ2n) is 9.21. The number of hydrogen-bond acceptors (Lipinski definition) is 10. The summed E-state index contributed by atoms with van der Waals surface area (Å²) in [4.78, 5) is 38.4. The van der Waals surface area contributed by atoms with Crippen molar-refractivity contribution in [2.24, 2.45) is 0 Å². The molecule has 2 aromatic carbocycles. The standard InChI is InChI=1S/C31H32O10/c1-5-15-38-16-6-17-39-25(34)13-14-26(35)40-31-28(36)27-24(33)18-23(32)22(12-7-19(2)3)30(27)41-29(31)20-8-10-21(37-4)11-9-20/h1,7-11,18,32-33H,6,12-17H2,2-4H3. The number of hydrogen-bond donors (Lipinski definition) is 2.